The predicted octanol–water partition coefficient (Wildman–Crippen LogP) is 4.24. The summed E-state index contributed by atoms with van der Waals surface area (Å²) in [5.41, 5.74) is 2.67. The Hall–Kier alpha value is -3.99. The van der Waals surface area contributed by atoms with E-state index in [2.05, 4.69) is 28.4 Å². The van der Waals surface area contributed by atoms with Gasteiger partial charge in [-0.05, 0) is 29.7 Å². The van der Waals surface area contributed by atoms with Crippen molar-refractivity contribution >= 4 is 10.8 Å². The van der Waals surface area contributed by atoms with Crippen LogP contribution in [-0.4, -0.2) is 19.6 Å². The monoisotopic (exact) mass is 364 g/mol. The molecule has 0 aliphatic rings. The summed E-state index contributed by atoms with van der Waals surface area (Å²) in [6.07, 6.45) is 3.37. The fourth-order valence-electron chi connectivity index (χ4n) is 3.38. The maximum atomic E-state index is 12.6. The molecule has 0 N–H and O–H groups in total. The minimum Gasteiger partial charge on any atom is -0.287 e. The Morgan fingerprint density at radius 3 is 2.43 bits per heavy atom. The van der Waals surface area contributed by atoms with E-state index in [0.29, 0.717) is 11.4 Å². The van der Waals surface area contributed by atoms with E-state index in [4.69, 9.17) is 0 Å². The molecule has 2 aromatic heterocycles. The van der Waals surface area contributed by atoms with E-state index in [1.54, 1.807) is 21.8 Å². The first-order valence-corrected chi connectivity index (χ1v) is 8.99. The summed E-state index contributed by atoms with van der Waals surface area (Å²) < 4.78 is 3.48. The number of para-hydroxylation sites is 1. The number of hydrogen-bond donors (Lipinski definition) is 0. The van der Waals surface area contributed by atoms with Crippen molar-refractivity contribution in [2.75, 3.05) is 0 Å². The molecule has 0 fully saturated rings. The lowest BCUT2D eigenvalue weighted by Gasteiger charge is -2.11. The van der Waals surface area contributed by atoms with Crippen molar-refractivity contribution in [1.82, 2.24) is 19.6 Å². The molecule has 0 spiro atoms. The van der Waals surface area contributed by atoms with Gasteiger partial charge >= 0.3 is 0 Å². The summed E-state index contributed by atoms with van der Waals surface area (Å²) in [5, 5.41) is 11.3. The SMILES string of the molecule is O=c1ccn(-c2ccccc2)nc1-c1ccnn1-c1cccc2ccccc12. The molecule has 2 heterocycles. The summed E-state index contributed by atoms with van der Waals surface area (Å²) in [7, 11) is 0. The predicted molar refractivity (Wildman–Crippen MR) is 110 cm³/mol. The van der Waals surface area contributed by atoms with Gasteiger partial charge < -0.3 is 0 Å². The molecular formula is C23H16N4O. The summed E-state index contributed by atoms with van der Waals surface area (Å²) >= 11 is 0. The Labute approximate surface area is 161 Å². The van der Waals surface area contributed by atoms with Gasteiger partial charge in [0.2, 0.25) is 5.43 Å². The van der Waals surface area contributed by atoms with Gasteiger partial charge in [0, 0.05) is 17.6 Å². The maximum absolute atomic E-state index is 12.6. The van der Waals surface area contributed by atoms with Crippen molar-refractivity contribution in [1.29, 1.82) is 0 Å². The van der Waals surface area contributed by atoms with Crippen LogP contribution in [0.1, 0.15) is 0 Å². The molecule has 5 nitrogen and oxygen atoms in total. The Bertz CT molecular complexity index is 1330. The van der Waals surface area contributed by atoms with Crippen LogP contribution in [0.25, 0.3) is 33.5 Å². The number of aromatic nitrogens is 4. The van der Waals surface area contributed by atoms with Crippen molar-refractivity contribution in [2.24, 2.45) is 0 Å². The van der Waals surface area contributed by atoms with Crippen LogP contribution in [0.3, 0.4) is 0 Å². The lowest BCUT2D eigenvalue weighted by Crippen LogP contribution is -2.14. The lowest BCUT2D eigenvalue weighted by molar-refractivity contribution is 0.824. The third-order valence-electron chi connectivity index (χ3n) is 4.71. The first-order valence-electron chi connectivity index (χ1n) is 8.99. The van der Waals surface area contributed by atoms with E-state index < -0.39 is 0 Å². The van der Waals surface area contributed by atoms with Crippen LogP contribution >= 0.6 is 0 Å². The molecule has 0 saturated heterocycles. The van der Waals surface area contributed by atoms with Crippen LogP contribution in [0.2, 0.25) is 0 Å². The van der Waals surface area contributed by atoms with Crippen molar-refractivity contribution < 1.29 is 0 Å². The standard InChI is InChI=1S/C23H16N4O/c28-22-14-16-26(18-9-2-1-3-10-18)25-23(22)21-13-15-24-27(21)20-12-6-8-17-7-4-5-11-19(17)20/h1-16H. The molecule has 3 aromatic carbocycles. The van der Waals surface area contributed by atoms with Crippen molar-refractivity contribution in [3.63, 3.8) is 0 Å². The third kappa shape index (κ3) is 2.70. The van der Waals surface area contributed by atoms with Gasteiger partial charge in [-0.3, -0.25) is 4.79 Å². The summed E-state index contributed by atoms with van der Waals surface area (Å²) in [5.74, 6) is 0. The zero-order chi connectivity index (χ0) is 18.9. The van der Waals surface area contributed by atoms with Crippen LogP contribution in [-0.2, 0) is 0 Å². The average Bonchev–Trinajstić information content (AvgIpc) is 3.24. The summed E-state index contributed by atoms with van der Waals surface area (Å²) in [6, 6.07) is 27.2. The lowest BCUT2D eigenvalue weighted by atomic mass is 10.1. The fraction of sp³-hybridized carbons (Fsp3) is 0. The zero-order valence-corrected chi connectivity index (χ0v) is 14.9. The topological polar surface area (TPSA) is 52.7 Å². The maximum Gasteiger partial charge on any atom is 0.209 e. The van der Waals surface area contributed by atoms with Gasteiger partial charge in [0.15, 0.2) is 5.69 Å². The van der Waals surface area contributed by atoms with Crippen LogP contribution in [0.5, 0.6) is 0 Å². The molecule has 0 unspecified atom stereocenters. The van der Waals surface area contributed by atoms with Gasteiger partial charge in [-0.15, -0.1) is 0 Å². The van der Waals surface area contributed by atoms with Gasteiger partial charge in [-0.1, -0.05) is 54.6 Å². The second-order valence-corrected chi connectivity index (χ2v) is 6.44. The molecule has 0 aliphatic carbocycles. The Morgan fingerprint density at radius 2 is 1.54 bits per heavy atom. The highest BCUT2D eigenvalue weighted by atomic mass is 16.1. The highest BCUT2D eigenvalue weighted by molar-refractivity contribution is 5.90. The van der Waals surface area contributed by atoms with Crippen molar-refractivity contribution in [3.8, 4) is 22.8 Å². The molecule has 5 heteroatoms. The molecule has 5 rings (SSSR count). The van der Waals surface area contributed by atoms with Crippen LogP contribution in [0, 0.1) is 0 Å². The fourth-order valence-corrected chi connectivity index (χ4v) is 3.38. The van der Waals surface area contributed by atoms with Crippen LogP contribution in [0.4, 0.5) is 0 Å². The molecule has 0 radical (unpaired) electrons. The number of fused-ring (bicyclic) bond motifs is 1. The third-order valence-corrected chi connectivity index (χ3v) is 4.71. The van der Waals surface area contributed by atoms with E-state index in [-0.39, 0.29) is 5.43 Å². The Kier molecular flexibility index (Phi) is 3.84. The van der Waals surface area contributed by atoms with Gasteiger partial charge in [0.05, 0.1) is 23.3 Å². The van der Waals surface area contributed by atoms with E-state index in [1.807, 2.05) is 60.7 Å². The van der Waals surface area contributed by atoms with E-state index in [9.17, 15) is 4.79 Å². The highest BCUT2D eigenvalue weighted by Gasteiger charge is 2.15. The van der Waals surface area contributed by atoms with Gasteiger partial charge in [0.25, 0.3) is 0 Å². The molecule has 0 saturated carbocycles. The Balaban J connectivity index is 1.71. The van der Waals surface area contributed by atoms with Gasteiger partial charge in [0.1, 0.15) is 0 Å². The summed E-state index contributed by atoms with van der Waals surface area (Å²) in [6.45, 7) is 0. The van der Waals surface area contributed by atoms with Crippen molar-refractivity contribution in [3.05, 3.63) is 108 Å². The zero-order valence-electron chi connectivity index (χ0n) is 14.9. The molecule has 0 atom stereocenters. The van der Waals surface area contributed by atoms with E-state index in [0.717, 1.165) is 22.1 Å². The molecule has 28 heavy (non-hydrogen) atoms. The van der Waals surface area contributed by atoms with E-state index >= 15 is 0 Å². The van der Waals surface area contributed by atoms with E-state index in [1.165, 1.54) is 6.07 Å². The molecule has 0 aliphatic heterocycles. The minimum atomic E-state index is -0.144. The summed E-state index contributed by atoms with van der Waals surface area (Å²) in [4.78, 5) is 12.6. The van der Waals surface area contributed by atoms with Crippen molar-refractivity contribution in [2.45, 2.75) is 0 Å². The first-order chi connectivity index (χ1) is 13.8. The Morgan fingerprint density at radius 1 is 0.750 bits per heavy atom. The number of hydrogen-bond acceptors (Lipinski definition) is 3. The quantitative estimate of drug-likeness (QED) is 0.481. The van der Waals surface area contributed by atoms with Crippen LogP contribution < -0.4 is 5.43 Å². The number of nitrogens with zero attached hydrogens (tertiary/aromatic N) is 4. The molecule has 0 bridgehead atoms. The molecule has 5 aromatic rings. The average molecular weight is 364 g/mol. The molecule has 0 amide bonds. The largest absolute Gasteiger partial charge is 0.287 e. The first kappa shape index (κ1) is 16.2. The van der Waals surface area contributed by atoms with Crippen LogP contribution in [0.15, 0.2) is 102 Å². The van der Waals surface area contributed by atoms with Gasteiger partial charge in [-0.25, -0.2) is 9.36 Å². The highest BCUT2D eigenvalue weighted by Crippen LogP contribution is 2.25. The second kappa shape index (κ2) is 6.63. The smallest absolute Gasteiger partial charge is 0.209 e. The minimum absolute atomic E-state index is 0.144. The second-order valence-electron chi connectivity index (χ2n) is 6.44. The normalized spacial score (nSPS) is 11.0. The molecule has 134 valence electrons. The van der Waals surface area contributed by atoms with Gasteiger partial charge in [-0.2, -0.15) is 10.2 Å². The molecular weight excluding hydrogens is 348 g/mol. The number of benzene rings is 3. The number of rotatable bonds is 3.